The highest BCUT2D eigenvalue weighted by atomic mass is 79.9. The van der Waals surface area contributed by atoms with Gasteiger partial charge in [-0.1, -0.05) is 35.0 Å². The van der Waals surface area contributed by atoms with E-state index in [9.17, 15) is 14.4 Å². The number of amides is 4. The fraction of sp³-hybridized carbons (Fsp3) is 0.357. The Morgan fingerprint density at radius 3 is 2.60 bits per heavy atom. The first-order chi connectivity index (χ1) is 9.49. The van der Waals surface area contributed by atoms with E-state index in [1.165, 1.54) is 4.90 Å². The van der Waals surface area contributed by atoms with E-state index in [-0.39, 0.29) is 6.04 Å². The van der Waals surface area contributed by atoms with Gasteiger partial charge in [-0.3, -0.25) is 19.8 Å². The molecule has 1 N–H and O–H groups in total. The van der Waals surface area contributed by atoms with Crippen LogP contribution in [-0.2, 0) is 9.59 Å². The van der Waals surface area contributed by atoms with Crippen molar-refractivity contribution in [3.05, 3.63) is 34.3 Å². The lowest BCUT2D eigenvalue weighted by Gasteiger charge is -2.30. The van der Waals surface area contributed by atoms with E-state index < -0.39 is 23.8 Å². The summed E-state index contributed by atoms with van der Waals surface area (Å²) in [4.78, 5) is 37.6. The van der Waals surface area contributed by atoms with Crippen molar-refractivity contribution < 1.29 is 14.4 Å². The molecule has 0 spiro atoms. The molecule has 1 aliphatic heterocycles. The first-order valence-electron chi connectivity index (χ1n) is 6.42. The molecule has 4 amide bonds. The molecular formula is C14H13BrN2O3. The van der Waals surface area contributed by atoms with E-state index >= 15 is 0 Å². The second-order valence-electron chi connectivity index (χ2n) is 5.27. The van der Waals surface area contributed by atoms with Gasteiger partial charge in [0.1, 0.15) is 5.92 Å². The molecule has 1 aromatic carbocycles. The number of rotatable bonds is 2. The molecule has 1 saturated carbocycles. The number of urea groups is 1. The van der Waals surface area contributed by atoms with Crippen molar-refractivity contribution in [2.24, 2.45) is 5.92 Å². The quantitative estimate of drug-likeness (QED) is 0.840. The Labute approximate surface area is 124 Å². The second kappa shape index (κ2) is 4.70. The minimum atomic E-state index is -0.946. The van der Waals surface area contributed by atoms with Crippen molar-refractivity contribution >= 4 is 33.8 Å². The third-order valence-corrected chi connectivity index (χ3v) is 4.27. The van der Waals surface area contributed by atoms with Crippen molar-refractivity contribution in [1.82, 2.24) is 10.2 Å². The van der Waals surface area contributed by atoms with Gasteiger partial charge >= 0.3 is 6.03 Å². The van der Waals surface area contributed by atoms with E-state index in [1.54, 1.807) is 18.2 Å². The number of imide groups is 2. The zero-order valence-corrected chi connectivity index (χ0v) is 12.4. The van der Waals surface area contributed by atoms with Crippen LogP contribution in [0.4, 0.5) is 4.79 Å². The molecule has 0 aromatic heterocycles. The average molecular weight is 337 g/mol. The smallest absolute Gasteiger partial charge is 0.277 e. The Morgan fingerprint density at radius 1 is 1.30 bits per heavy atom. The zero-order chi connectivity index (χ0) is 14.4. The van der Waals surface area contributed by atoms with Gasteiger partial charge in [0.05, 0.1) is 0 Å². The lowest BCUT2D eigenvalue weighted by molar-refractivity contribution is -0.139. The molecule has 5 nitrogen and oxygen atoms in total. The topological polar surface area (TPSA) is 66.5 Å². The number of carbonyl (C=O) groups is 3. The molecule has 104 valence electrons. The SMILES string of the molecule is CC1CC1N1C(=O)NC(=O)C(c2cccc(Br)c2)C1=O. The monoisotopic (exact) mass is 336 g/mol. The molecular weight excluding hydrogens is 324 g/mol. The molecule has 2 aliphatic rings. The number of hydrogen-bond donors (Lipinski definition) is 1. The fourth-order valence-electron chi connectivity index (χ4n) is 2.55. The van der Waals surface area contributed by atoms with Gasteiger partial charge in [-0.15, -0.1) is 0 Å². The Bertz CT molecular complexity index is 616. The van der Waals surface area contributed by atoms with Crippen molar-refractivity contribution in [2.45, 2.75) is 25.3 Å². The predicted molar refractivity (Wildman–Crippen MR) is 74.8 cm³/mol. The van der Waals surface area contributed by atoms with Crippen LogP contribution in [0.1, 0.15) is 24.8 Å². The molecule has 1 heterocycles. The summed E-state index contributed by atoms with van der Waals surface area (Å²) in [5, 5.41) is 2.28. The molecule has 2 fully saturated rings. The van der Waals surface area contributed by atoms with E-state index in [1.807, 2.05) is 13.0 Å². The molecule has 20 heavy (non-hydrogen) atoms. The van der Waals surface area contributed by atoms with Crippen molar-refractivity contribution in [3.8, 4) is 0 Å². The van der Waals surface area contributed by atoms with E-state index in [2.05, 4.69) is 21.2 Å². The number of nitrogens with zero attached hydrogens (tertiary/aromatic N) is 1. The highest BCUT2D eigenvalue weighted by molar-refractivity contribution is 9.10. The molecule has 6 heteroatoms. The van der Waals surface area contributed by atoms with Gasteiger partial charge in [-0.25, -0.2) is 4.79 Å². The molecule has 1 saturated heterocycles. The van der Waals surface area contributed by atoms with Crippen molar-refractivity contribution in [3.63, 3.8) is 0 Å². The summed E-state index contributed by atoms with van der Waals surface area (Å²) in [6, 6.07) is 6.36. The third-order valence-electron chi connectivity index (χ3n) is 3.78. The number of nitrogens with one attached hydrogen (secondary N) is 1. The van der Waals surface area contributed by atoms with Crippen molar-refractivity contribution in [2.75, 3.05) is 0 Å². The minimum Gasteiger partial charge on any atom is -0.277 e. The number of halogens is 1. The third kappa shape index (κ3) is 2.14. The standard InChI is InChI=1S/C14H13BrN2O3/c1-7-5-10(7)17-13(19)11(12(18)16-14(17)20)8-3-2-4-9(15)6-8/h2-4,6-7,10-11H,5H2,1H3,(H,16,18,20). The van der Waals surface area contributed by atoms with E-state index in [0.717, 1.165) is 10.9 Å². The van der Waals surface area contributed by atoms with E-state index in [4.69, 9.17) is 0 Å². The highest BCUT2D eigenvalue weighted by Crippen LogP contribution is 2.38. The van der Waals surface area contributed by atoms with Gasteiger partial charge in [0.15, 0.2) is 0 Å². The highest BCUT2D eigenvalue weighted by Gasteiger charge is 2.50. The summed E-state index contributed by atoms with van der Waals surface area (Å²) in [6.45, 7) is 1.98. The summed E-state index contributed by atoms with van der Waals surface area (Å²) in [6.07, 6.45) is 0.804. The van der Waals surface area contributed by atoms with Crippen LogP contribution in [0.5, 0.6) is 0 Å². The van der Waals surface area contributed by atoms with Crippen LogP contribution < -0.4 is 5.32 Å². The number of carbonyl (C=O) groups excluding carboxylic acids is 3. The van der Waals surface area contributed by atoms with E-state index in [0.29, 0.717) is 11.5 Å². The largest absolute Gasteiger partial charge is 0.331 e. The number of benzene rings is 1. The second-order valence-corrected chi connectivity index (χ2v) is 6.19. The van der Waals surface area contributed by atoms with Gasteiger partial charge in [0.25, 0.3) is 0 Å². The van der Waals surface area contributed by atoms with Crippen LogP contribution in [0.15, 0.2) is 28.7 Å². The van der Waals surface area contributed by atoms with Crippen LogP contribution in [0.25, 0.3) is 0 Å². The van der Waals surface area contributed by atoms with Gasteiger partial charge in [-0.05, 0) is 30.0 Å². The normalized spacial score (nSPS) is 29.4. The molecule has 3 rings (SSSR count). The summed E-state index contributed by atoms with van der Waals surface area (Å²) in [5.74, 6) is -1.62. The van der Waals surface area contributed by atoms with Crippen LogP contribution in [0.2, 0.25) is 0 Å². The first kappa shape index (κ1) is 13.3. The predicted octanol–water partition coefficient (Wildman–Crippen LogP) is 2.02. The summed E-state index contributed by atoms with van der Waals surface area (Å²) in [7, 11) is 0. The summed E-state index contributed by atoms with van der Waals surface area (Å²) in [5.41, 5.74) is 0.590. The molecule has 0 radical (unpaired) electrons. The molecule has 0 bridgehead atoms. The van der Waals surface area contributed by atoms with Gasteiger partial charge in [-0.2, -0.15) is 0 Å². The maximum absolute atomic E-state index is 12.5. The maximum Gasteiger partial charge on any atom is 0.331 e. The lowest BCUT2D eigenvalue weighted by atomic mass is 9.95. The van der Waals surface area contributed by atoms with Crippen LogP contribution in [-0.4, -0.2) is 28.8 Å². The molecule has 3 atom stereocenters. The Balaban J connectivity index is 1.95. The van der Waals surface area contributed by atoms with Gasteiger partial charge < -0.3 is 0 Å². The van der Waals surface area contributed by atoms with Gasteiger partial charge in [0.2, 0.25) is 11.8 Å². The summed E-state index contributed by atoms with van der Waals surface area (Å²) >= 11 is 3.32. The fourth-order valence-corrected chi connectivity index (χ4v) is 2.96. The first-order valence-corrected chi connectivity index (χ1v) is 7.21. The van der Waals surface area contributed by atoms with Crippen LogP contribution >= 0.6 is 15.9 Å². The Kier molecular flexibility index (Phi) is 3.12. The average Bonchev–Trinajstić information content (AvgIpc) is 3.05. The van der Waals surface area contributed by atoms with Crippen molar-refractivity contribution in [1.29, 1.82) is 0 Å². The molecule has 1 aliphatic carbocycles. The van der Waals surface area contributed by atoms with Gasteiger partial charge in [0, 0.05) is 10.5 Å². The molecule has 1 aromatic rings. The Hall–Kier alpha value is -1.69. The summed E-state index contributed by atoms with van der Waals surface area (Å²) < 4.78 is 0.791. The number of hydrogen-bond acceptors (Lipinski definition) is 3. The molecule has 3 unspecified atom stereocenters. The minimum absolute atomic E-state index is 0.0785. The zero-order valence-electron chi connectivity index (χ0n) is 10.8. The Morgan fingerprint density at radius 2 is 2.00 bits per heavy atom. The van der Waals surface area contributed by atoms with Crippen LogP contribution in [0.3, 0.4) is 0 Å². The lowest BCUT2D eigenvalue weighted by Crippen LogP contribution is -2.57. The number of barbiturate groups is 1. The van der Waals surface area contributed by atoms with Crippen LogP contribution in [0, 0.1) is 5.92 Å². The maximum atomic E-state index is 12.5.